The van der Waals surface area contributed by atoms with Crippen molar-refractivity contribution < 1.29 is 23.0 Å². The number of rotatable bonds is 6. The van der Waals surface area contributed by atoms with E-state index in [2.05, 4.69) is 26.1 Å². The number of nitrogens with one attached hydrogen (secondary N) is 1. The summed E-state index contributed by atoms with van der Waals surface area (Å²) in [4.78, 5) is 0. The van der Waals surface area contributed by atoms with Crippen LogP contribution in [0.1, 0.15) is 77.0 Å². The molecule has 0 radical (unpaired) electrons. The maximum Gasteiger partial charge on any atom is 0.420 e. The minimum atomic E-state index is -4.50. The Labute approximate surface area is 194 Å². The predicted molar refractivity (Wildman–Crippen MR) is 125 cm³/mol. The number of alkyl halides is 3. The third-order valence-corrected chi connectivity index (χ3v) is 8.19. The Balaban J connectivity index is 1.63. The molecule has 2 aromatic carbocycles. The molecule has 2 N–H and O–H groups in total. The predicted octanol–water partition coefficient (Wildman–Crippen LogP) is 6.87. The lowest BCUT2D eigenvalue weighted by atomic mass is 9.58. The Morgan fingerprint density at radius 2 is 1.79 bits per heavy atom. The van der Waals surface area contributed by atoms with Gasteiger partial charge in [0.2, 0.25) is 0 Å². The minimum Gasteiger partial charge on any atom is -0.490 e. The summed E-state index contributed by atoms with van der Waals surface area (Å²) in [5.74, 6) is 0.796. The number of fused-ring (bicyclic) bond motifs is 1. The Bertz CT molecular complexity index is 979. The Hall–Kier alpha value is -1.79. The van der Waals surface area contributed by atoms with Gasteiger partial charge in [-0.1, -0.05) is 39.0 Å². The topological polar surface area (TPSA) is 41.5 Å². The Morgan fingerprint density at radius 1 is 1.12 bits per heavy atom. The van der Waals surface area contributed by atoms with Crippen molar-refractivity contribution in [1.29, 1.82) is 0 Å². The van der Waals surface area contributed by atoms with Crippen molar-refractivity contribution >= 4 is 10.8 Å². The molecule has 0 amide bonds. The SMILES string of the molecule is CC1CCC(Oc2ccc3ccc(C(C)N[C@H]4C[C@@H](CO)C4(C)C)cc3c2C(F)(F)F)CC1. The first-order chi connectivity index (χ1) is 15.5. The van der Waals surface area contributed by atoms with E-state index in [1.165, 1.54) is 6.07 Å². The number of ether oxygens (including phenoxy) is 1. The molecule has 33 heavy (non-hydrogen) atoms. The average molecular weight is 464 g/mol. The van der Waals surface area contributed by atoms with Gasteiger partial charge >= 0.3 is 6.18 Å². The van der Waals surface area contributed by atoms with Gasteiger partial charge in [0.25, 0.3) is 0 Å². The van der Waals surface area contributed by atoms with Gasteiger partial charge < -0.3 is 15.2 Å². The van der Waals surface area contributed by atoms with E-state index in [1.807, 2.05) is 13.0 Å². The van der Waals surface area contributed by atoms with E-state index in [1.54, 1.807) is 18.2 Å². The molecule has 6 heteroatoms. The van der Waals surface area contributed by atoms with Gasteiger partial charge in [-0.3, -0.25) is 0 Å². The zero-order chi connectivity index (χ0) is 24.0. The third-order valence-electron chi connectivity index (χ3n) is 8.19. The highest BCUT2D eigenvalue weighted by Crippen LogP contribution is 2.47. The molecule has 2 aromatic rings. The molecule has 3 atom stereocenters. The molecule has 0 aromatic heterocycles. The average Bonchev–Trinajstić information content (AvgIpc) is 2.76. The second-order valence-electron chi connectivity index (χ2n) is 10.8. The lowest BCUT2D eigenvalue weighted by Crippen LogP contribution is -2.58. The normalized spacial score (nSPS) is 28.4. The maximum absolute atomic E-state index is 14.3. The summed E-state index contributed by atoms with van der Waals surface area (Å²) < 4.78 is 48.7. The van der Waals surface area contributed by atoms with E-state index in [4.69, 9.17) is 4.74 Å². The molecule has 0 saturated heterocycles. The van der Waals surface area contributed by atoms with E-state index in [0.717, 1.165) is 37.7 Å². The number of benzene rings is 2. The monoisotopic (exact) mass is 463 g/mol. The van der Waals surface area contributed by atoms with Gasteiger partial charge in [0.15, 0.2) is 0 Å². The van der Waals surface area contributed by atoms with E-state index < -0.39 is 11.7 Å². The van der Waals surface area contributed by atoms with Gasteiger partial charge in [-0.15, -0.1) is 0 Å². The van der Waals surface area contributed by atoms with Crippen LogP contribution in [-0.4, -0.2) is 23.9 Å². The van der Waals surface area contributed by atoms with E-state index in [0.29, 0.717) is 11.3 Å². The van der Waals surface area contributed by atoms with Gasteiger partial charge in [-0.2, -0.15) is 13.2 Å². The number of aliphatic hydroxyl groups is 1. The van der Waals surface area contributed by atoms with Crippen LogP contribution in [-0.2, 0) is 6.18 Å². The molecule has 2 fully saturated rings. The van der Waals surface area contributed by atoms with Crippen LogP contribution in [0.4, 0.5) is 13.2 Å². The second kappa shape index (κ2) is 9.10. The molecular formula is C27H36F3NO2. The Morgan fingerprint density at radius 3 is 2.39 bits per heavy atom. The van der Waals surface area contributed by atoms with Crippen LogP contribution >= 0.6 is 0 Å². The molecule has 2 saturated carbocycles. The maximum atomic E-state index is 14.3. The first-order valence-electron chi connectivity index (χ1n) is 12.2. The van der Waals surface area contributed by atoms with Crippen LogP contribution in [0.3, 0.4) is 0 Å². The number of hydrogen-bond donors (Lipinski definition) is 2. The zero-order valence-electron chi connectivity index (χ0n) is 20.0. The summed E-state index contributed by atoms with van der Waals surface area (Å²) >= 11 is 0. The van der Waals surface area contributed by atoms with Crippen molar-refractivity contribution in [2.45, 2.75) is 84.2 Å². The molecule has 2 aliphatic rings. The number of aliphatic hydroxyl groups excluding tert-OH is 1. The first kappa shape index (κ1) is 24.3. The van der Waals surface area contributed by atoms with Gasteiger partial charge in [-0.05, 0) is 84.7 Å². The molecule has 2 aliphatic carbocycles. The first-order valence-corrected chi connectivity index (χ1v) is 12.2. The zero-order valence-corrected chi connectivity index (χ0v) is 20.0. The Kier molecular flexibility index (Phi) is 6.71. The van der Waals surface area contributed by atoms with Crippen molar-refractivity contribution in [1.82, 2.24) is 5.32 Å². The van der Waals surface area contributed by atoms with Crippen molar-refractivity contribution in [3.63, 3.8) is 0 Å². The molecule has 0 bridgehead atoms. The van der Waals surface area contributed by atoms with Gasteiger partial charge in [0.1, 0.15) is 11.3 Å². The molecule has 0 spiro atoms. The smallest absolute Gasteiger partial charge is 0.420 e. The molecule has 3 nitrogen and oxygen atoms in total. The summed E-state index contributed by atoms with van der Waals surface area (Å²) in [5.41, 5.74) is 0.104. The summed E-state index contributed by atoms with van der Waals surface area (Å²) in [6.45, 7) is 8.57. The summed E-state index contributed by atoms with van der Waals surface area (Å²) in [5, 5.41) is 13.9. The van der Waals surface area contributed by atoms with E-state index in [9.17, 15) is 18.3 Å². The fraction of sp³-hybridized carbons (Fsp3) is 0.630. The van der Waals surface area contributed by atoms with Crippen LogP contribution in [0.25, 0.3) is 10.8 Å². The van der Waals surface area contributed by atoms with E-state index in [-0.39, 0.29) is 47.3 Å². The molecule has 0 aliphatic heterocycles. The number of hydrogen-bond acceptors (Lipinski definition) is 3. The van der Waals surface area contributed by atoms with Gasteiger partial charge in [0.05, 0.1) is 6.10 Å². The van der Waals surface area contributed by atoms with Gasteiger partial charge in [0, 0.05) is 18.7 Å². The van der Waals surface area contributed by atoms with E-state index >= 15 is 0 Å². The summed E-state index contributed by atoms with van der Waals surface area (Å²) in [6.07, 6.45) is -0.233. The van der Waals surface area contributed by atoms with Crippen LogP contribution < -0.4 is 10.1 Å². The summed E-state index contributed by atoms with van der Waals surface area (Å²) in [6, 6.07) is 8.66. The van der Waals surface area contributed by atoms with Crippen LogP contribution in [0.5, 0.6) is 5.75 Å². The fourth-order valence-electron chi connectivity index (χ4n) is 5.51. The molecular weight excluding hydrogens is 427 g/mol. The van der Waals surface area contributed by atoms with Gasteiger partial charge in [-0.25, -0.2) is 0 Å². The van der Waals surface area contributed by atoms with Crippen molar-refractivity contribution in [3.8, 4) is 5.75 Å². The lowest BCUT2D eigenvalue weighted by molar-refractivity contribution is -0.138. The highest BCUT2D eigenvalue weighted by Gasteiger charge is 2.47. The highest BCUT2D eigenvalue weighted by molar-refractivity contribution is 5.89. The van der Waals surface area contributed by atoms with Crippen LogP contribution in [0.2, 0.25) is 0 Å². The highest BCUT2D eigenvalue weighted by atomic mass is 19.4. The fourth-order valence-corrected chi connectivity index (χ4v) is 5.51. The quantitative estimate of drug-likeness (QED) is 0.491. The van der Waals surface area contributed by atoms with Crippen molar-refractivity contribution in [3.05, 3.63) is 41.5 Å². The molecule has 1 unspecified atom stereocenters. The molecule has 0 heterocycles. The van der Waals surface area contributed by atoms with Crippen molar-refractivity contribution in [2.24, 2.45) is 17.3 Å². The largest absolute Gasteiger partial charge is 0.490 e. The summed E-state index contributed by atoms with van der Waals surface area (Å²) in [7, 11) is 0. The van der Waals surface area contributed by atoms with Crippen LogP contribution in [0.15, 0.2) is 30.3 Å². The van der Waals surface area contributed by atoms with Crippen molar-refractivity contribution in [2.75, 3.05) is 6.61 Å². The molecule has 4 rings (SSSR count). The minimum absolute atomic E-state index is 0.0461. The lowest BCUT2D eigenvalue weighted by Gasteiger charge is -2.53. The molecule has 182 valence electrons. The number of halogens is 3. The second-order valence-corrected chi connectivity index (χ2v) is 10.8. The third kappa shape index (κ3) is 4.88. The van der Waals surface area contributed by atoms with Crippen LogP contribution in [0, 0.1) is 17.3 Å². The standard InChI is InChI=1S/C27H36F3NO2/c1-16-5-10-21(11-6-16)33-23-12-9-18-7-8-19(13-22(18)25(23)27(28,29)30)17(2)31-24-14-20(15-32)26(24,3)4/h7-9,12-13,16-17,20-21,24,31-32H,5-6,10-11,14-15H2,1-4H3/t16?,17?,20-,21?,24-/m0/s1.